The summed E-state index contributed by atoms with van der Waals surface area (Å²) in [7, 11) is 0. The van der Waals surface area contributed by atoms with Gasteiger partial charge in [-0.3, -0.25) is 4.79 Å². The second-order valence-electron chi connectivity index (χ2n) is 4.82. The van der Waals surface area contributed by atoms with Crippen molar-refractivity contribution in [3.63, 3.8) is 0 Å². The summed E-state index contributed by atoms with van der Waals surface area (Å²) >= 11 is 11.9. The maximum Gasteiger partial charge on any atom is 0.320 e. The molecule has 0 saturated heterocycles. The largest absolute Gasteiger partial charge is 0.489 e. The molecule has 0 aliphatic heterocycles. The smallest absolute Gasteiger partial charge is 0.320 e. The minimum absolute atomic E-state index is 0.276. The van der Waals surface area contributed by atoms with E-state index in [1.807, 2.05) is 6.07 Å². The average Bonchev–Trinajstić information content (AvgIpc) is 2.47. The first-order valence-corrected chi connectivity index (χ1v) is 7.35. The molecule has 3 N–H and O–H groups in total. The van der Waals surface area contributed by atoms with Crippen LogP contribution in [0.1, 0.15) is 11.1 Å². The Morgan fingerprint density at radius 3 is 2.45 bits per heavy atom. The number of ether oxygens (including phenoxy) is 1. The SMILES string of the molecule is NC(Cc1ccc(OCc2ccc(Cl)cc2Cl)cc1)C(=O)O. The summed E-state index contributed by atoms with van der Waals surface area (Å²) in [6.45, 7) is 0.323. The molecule has 22 heavy (non-hydrogen) atoms. The highest BCUT2D eigenvalue weighted by molar-refractivity contribution is 6.35. The summed E-state index contributed by atoms with van der Waals surface area (Å²) in [6.07, 6.45) is 0.276. The molecule has 2 aromatic rings. The fourth-order valence-electron chi connectivity index (χ4n) is 1.86. The molecule has 116 valence electrons. The van der Waals surface area contributed by atoms with Crippen LogP contribution in [0.25, 0.3) is 0 Å². The van der Waals surface area contributed by atoms with E-state index in [0.29, 0.717) is 22.4 Å². The summed E-state index contributed by atoms with van der Waals surface area (Å²) in [5.74, 6) is -0.351. The lowest BCUT2D eigenvalue weighted by molar-refractivity contribution is -0.138. The predicted molar refractivity (Wildman–Crippen MR) is 86.6 cm³/mol. The van der Waals surface area contributed by atoms with Crippen molar-refractivity contribution in [1.82, 2.24) is 0 Å². The van der Waals surface area contributed by atoms with E-state index in [1.165, 1.54) is 0 Å². The van der Waals surface area contributed by atoms with E-state index in [9.17, 15) is 4.79 Å². The predicted octanol–water partition coefficient (Wildman–Crippen LogP) is 3.53. The van der Waals surface area contributed by atoms with Gasteiger partial charge in [-0.25, -0.2) is 0 Å². The van der Waals surface area contributed by atoms with Crippen LogP contribution in [0.3, 0.4) is 0 Å². The molecule has 4 nitrogen and oxygen atoms in total. The molecular weight excluding hydrogens is 325 g/mol. The molecule has 0 aromatic heterocycles. The third-order valence-corrected chi connectivity index (χ3v) is 3.69. The molecule has 2 rings (SSSR count). The van der Waals surface area contributed by atoms with Gasteiger partial charge in [0, 0.05) is 15.6 Å². The molecule has 0 aliphatic rings. The molecule has 0 fully saturated rings. The number of benzene rings is 2. The summed E-state index contributed by atoms with van der Waals surface area (Å²) < 4.78 is 5.65. The maximum atomic E-state index is 10.7. The van der Waals surface area contributed by atoms with Crippen molar-refractivity contribution in [2.45, 2.75) is 19.1 Å². The van der Waals surface area contributed by atoms with Gasteiger partial charge in [0.15, 0.2) is 0 Å². The van der Waals surface area contributed by atoms with Gasteiger partial charge in [-0.15, -0.1) is 0 Å². The number of aliphatic carboxylic acids is 1. The number of carbonyl (C=O) groups is 1. The first-order chi connectivity index (χ1) is 10.5. The molecule has 2 aromatic carbocycles. The van der Waals surface area contributed by atoms with Crippen molar-refractivity contribution >= 4 is 29.2 Å². The van der Waals surface area contributed by atoms with Crippen LogP contribution in [0.5, 0.6) is 5.75 Å². The first kappa shape index (κ1) is 16.6. The van der Waals surface area contributed by atoms with Gasteiger partial charge in [0.2, 0.25) is 0 Å². The van der Waals surface area contributed by atoms with Gasteiger partial charge < -0.3 is 15.6 Å². The second-order valence-corrected chi connectivity index (χ2v) is 5.66. The quantitative estimate of drug-likeness (QED) is 0.844. The zero-order valence-electron chi connectivity index (χ0n) is 11.6. The van der Waals surface area contributed by atoms with Crippen LogP contribution in [-0.2, 0) is 17.8 Å². The Bertz CT molecular complexity index is 659. The van der Waals surface area contributed by atoms with Crippen LogP contribution < -0.4 is 10.5 Å². The maximum absolute atomic E-state index is 10.7. The molecule has 0 saturated carbocycles. The van der Waals surface area contributed by atoms with Crippen LogP contribution in [0, 0.1) is 0 Å². The summed E-state index contributed by atoms with van der Waals surface area (Å²) in [4.78, 5) is 10.7. The van der Waals surface area contributed by atoms with E-state index in [0.717, 1.165) is 11.1 Å². The Labute approximate surface area is 138 Å². The van der Waals surface area contributed by atoms with Crippen LogP contribution in [0.15, 0.2) is 42.5 Å². The lowest BCUT2D eigenvalue weighted by Gasteiger charge is -2.10. The minimum Gasteiger partial charge on any atom is -0.489 e. The van der Waals surface area contributed by atoms with E-state index in [-0.39, 0.29) is 6.42 Å². The molecule has 0 amide bonds. The van der Waals surface area contributed by atoms with Crippen LogP contribution in [-0.4, -0.2) is 17.1 Å². The normalized spacial score (nSPS) is 12.0. The van der Waals surface area contributed by atoms with Crippen molar-refractivity contribution in [2.75, 3.05) is 0 Å². The summed E-state index contributed by atoms with van der Waals surface area (Å²) in [6, 6.07) is 11.5. The highest BCUT2D eigenvalue weighted by Gasteiger charge is 2.11. The number of carboxylic acid groups (broad SMARTS) is 1. The summed E-state index contributed by atoms with van der Waals surface area (Å²) in [5.41, 5.74) is 7.17. The number of hydrogen-bond donors (Lipinski definition) is 2. The highest BCUT2D eigenvalue weighted by Crippen LogP contribution is 2.23. The number of rotatable bonds is 6. The summed E-state index contributed by atoms with van der Waals surface area (Å²) in [5, 5.41) is 9.91. The van der Waals surface area contributed by atoms with Gasteiger partial charge in [0.05, 0.1) is 0 Å². The topological polar surface area (TPSA) is 72.5 Å². The van der Waals surface area contributed by atoms with Crippen LogP contribution in [0.4, 0.5) is 0 Å². The molecule has 1 unspecified atom stereocenters. The number of halogens is 2. The Morgan fingerprint density at radius 1 is 1.18 bits per heavy atom. The Balaban J connectivity index is 1.95. The van der Waals surface area contributed by atoms with Gasteiger partial charge in [-0.1, -0.05) is 41.4 Å². The van der Waals surface area contributed by atoms with Gasteiger partial charge >= 0.3 is 5.97 Å². The fourth-order valence-corrected chi connectivity index (χ4v) is 2.33. The van der Waals surface area contributed by atoms with Gasteiger partial charge in [0.1, 0.15) is 18.4 Å². The monoisotopic (exact) mass is 339 g/mol. The third kappa shape index (κ3) is 4.63. The molecule has 0 bridgehead atoms. The molecule has 6 heteroatoms. The van der Waals surface area contributed by atoms with Gasteiger partial charge in [0.25, 0.3) is 0 Å². The second kappa shape index (κ2) is 7.49. The van der Waals surface area contributed by atoms with E-state index < -0.39 is 12.0 Å². The molecule has 0 heterocycles. The van der Waals surface area contributed by atoms with Gasteiger partial charge in [-0.05, 0) is 36.2 Å². The average molecular weight is 340 g/mol. The lowest BCUT2D eigenvalue weighted by atomic mass is 10.1. The van der Waals surface area contributed by atoms with Crippen LogP contribution >= 0.6 is 23.2 Å². The molecular formula is C16H15Cl2NO3. The number of nitrogens with two attached hydrogens (primary N) is 1. The van der Waals surface area contributed by atoms with Crippen LogP contribution in [0.2, 0.25) is 10.0 Å². The zero-order chi connectivity index (χ0) is 16.1. The fraction of sp³-hybridized carbons (Fsp3) is 0.188. The van der Waals surface area contributed by atoms with Crippen molar-refractivity contribution in [1.29, 1.82) is 0 Å². The molecule has 0 spiro atoms. The van der Waals surface area contributed by atoms with E-state index in [4.69, 9.17) is 38.8 Å². The molecule has 0 radical (unpaired) electrons. The van der Waals surface area contributed by atoms with E-state index in [1.54, 1.807) is 36.4 Å². The Hall–Kier alpha value is -1.75. The van der Waals surface area contributed by atoms with E-state index in [2.05, 4.69) is 0 Å². The standard InChI is InChI=1S/C16H15Cl2NO3/c17-12-4-3-11(14(18)8-12)9-22-13-5-1-10(2-6-13)7-15(19)16(20)21/h1-6,8,15H,7,9,19H2,(H,20,21). The Kier molecular flexibility index (Phi) is 5.66. The first-order valence-electron chi connectivity index (χ1n) is 6.60. The minimum atomic E-state index is -1.02. The van der Waals surface area contributed by atoms with Crippen molar-refractivity contribution in [2.24, 2.45) is 5.73 Å². The van der Waals surface area contributed by atoms with Crippen molar-refractivity contribution in [3.05, 3.63) is 63.6 Å². The zero-order valence-corrected chi connectivity index (χ0v) is 13.1. The molecule has 0 aliphatic carbocycles. The number of carboxylic acids is 1. The van der Waals surface area contributed by atoms with Crippen molar-refractivity contribution in [3.8, 4) is 5.75 Å². The van der Waals surface area contributed by atoms with E-state index >= 15 is 0 Å². The molecule has 1 atom stereocenters. The van der Waals surface area contributed by atoms with Crippen molar-refractivity contribution < 1.29 is 14.6 Å². The third-order valence-electron chi connectivity index (χ3n) is 3.11. The van der Waals surface area contributed by atoms with Gasteiger partial charge in [-0.2, -0.15) is 0 Å². The lowest BCUT2D eigenvalue weighted by Crippen LogP contribution is -2.32. The Morgan fingerprint density at radius 2 is 1.86 bits per heavy atom. The highest BCUT2D eigenvalue weighted by atomic mass is 35.5. The number of hydrogen-bond acceptors (Lipinski definition) is 3.